The number of benzene rings is 1. The number of rotatable bonds is 4. The Balaban J connectivity index is 2.97. The number of halogens is 2. The summed E-state index contributed by atoms with van der Waals surface area (Å²) in [6.07, 6.45) is 0.317. The summed E-state index contributed by atoms with van der Waals surface area (Å²) in [4.78, 5) is 22.0. The molecule has 0 radical (unpaired) electrons. The van der Waals surface area contributed by atoms with Crippen LogP contribution in [0.3, 0.4) is 0 Å². The summed E-state index contributed by atoms with van der Waals surface area (Å²) in [5.41, 5.74) is 4.94. The zero-order chi connectivity index (χ0) is 11.4. The highest BCUT2D eigenvalue weighted by Crippen LogP contribution is 2.16. The smallest absolute Gasteiger partial charge is 0.237 e. The Morgan fingerprint density at radius 3 is 2.53 bits per heavy atom. The number of amides is 2. The van der Waals surface area contributed by atoms with Crippen molar-refractivity contribution in [2.75, 3.05) is 11.4 Å². The summed E-state index contributed by atoms with van der Waals surface area (Å²) in [7, 11) is 0. The molecule has 0 aliphatic rings. The van der Waals surface area contributed by atoms with Gasteiger partial charge in [0.25, 0.3) is 0 Å². The normalized spacial score (nSPS) is 9.73. The van der Waals surface area contributed by atoms with E-state index >= 15 is 0 Å². The fourth-order valence-electron chi connectivity index (χ4n) is 1.02. The highest BCUT2D eigenvalue weighted by molar-refractivity contribution is 5.87. The molecule has 0 atom stereocenters. The number of anilines is 1. The van der Waals surface area contributed by atoms with Gasteiger partial charge in [-0.15, -0.1) is 0 Å². The third kappa shape index (κ3) is 2.73. The van der Waals surface area contributed by atoms with Crippen molar-refractivity contribution in [2.45, 2.75) is 0 Å². The molecule has 0 aliphatic heterocycles. The van der Waals surface area contributed by atoms with Gasteiger partial charge in [-0.2, -0.15) is 0 Å². The van der Waals surface area contributed by atoms with E-state index in [2.05, 4.69) is 0 Å². The molecule has 15 heavy (non-hydrogen) atoms. The second-order valence-corrected chi connectivity index (χ2v) is 2.80. The van der Waals surface area contributed by atoms with E-state index in [9.17, 15) is 18.4 Å². The highest BCUT2D eigenvalue weighted by atomic mass is 19.2. The molecule has 1 aromatic carbocycles. The van der Waals surface area contributed by atoms with Crippen LogP contribution in [0.5, 0.6) is 0 Å². The summed E-state index contributed by atoms with van der Waals surface area (Å²) in [6, 6.07) is 2.85. The molecule has 1 aromatic rings. The fourth-order valence-corrected chi connectivity index (χ4v) is 1.02. The number of carbonyl (C=O) groups excluding carboxylic acids is 2. The number of nitrogens with two attached hydrogens (primary N) is 1. The van der Waals surface area contributed by atoms with Crippen LogP contribution in [0.25, 0.3) is 0 Å². The van der Waals surface area contributed by atoms with Gasteiger partial charge >= 0.3 is 0 Å². The lowest BCUT2D eigenvalue weighted by molar-refractivity contribution is -0.118. The van der Waals surface area contributed by atoms with E-state index in [-0.39, 0.29) is 12.2 Å². The minimum Gasteiger partial charge on any atom is -0.368 e. The molecule has 0 saturated heterocycles. The molecule has 2 N–H and O–H groups in total. The van der Waals surface area contributed by atoms with E-state index in [1.807, 2.05) is 0 Å². The fraction of sp³-hybridized carbons (Fsp3) is 0.111. The van der Waals surface area contributed by atoms with E-state index in [0.717, 1.165) is 17.0 Å². The summed E-state index contributed by atoms with van der Waals surface area (Å²) in [6.45, 7) is -0.380. The summed E-state index contributed by atoms with van der Waals surface area (Å²) in [5.74, 6) is -2.86. The summed E-state index contributed by atoms with van der Waals surface area (Å²) in [5, 5.41) is 0. The van der Waals surface area contributed by atoms with Crippen molar-refractivity contribution in [3.8, 4) is 0 Å². The van der Waals surface area contributed by atoms with E-state index in [1.54, 1.807) is 0 Å². The lowest BCUT2D eigenvalue weighted by atomic mass is 10.2. The summed E-state index contributed by atoms with van der Waals surface area (Å²) < 4.78 is 25.3. The molecule has 0 heterocycles. The van der Waals surface area contributed by atoms with Crippen molar-refractivity contribution in [3.63, 3.8) is 0 Å². The Labute approximate surface area is 84.3 Å². The molecule has 0 aromatic heterocycles. The van der Waals surface area contributed by atoms with Crippen molar-refractivity contribution >= 4 is 18.0 Å². The average molecular weight is 214 g/mol. The van der Waals surface area contributed by atoms with Gasteiger partial charge in [0.2, 0.25) is 12.3 Å². The van der Waals surface area contributed by atoms with Crippen molar-refractivity contribution in [2.24, 2.45) is 5.73 Å². The van der Waals surface area contributed by atoms with Crippen LogP contribution in [-0.2, 0) is 9.59 Å². The number of carbonyl (C=O) groups is 2. The Hall–Kier alpha value is -1.98. The molecule has 2 amide bonds. The van der Waals surface area contributed by atoms with E-state index in [4.69, 9.17) is 5.73 Å². The Morgan fingerprint density at radius 2 is 2.07 bits per heavy atom. The van der Waals surface area contributed by atoms with Gasteiger partial charge < -0.3 is 10.6 Å². The van der Waals surface area contributed by atoms with Crippen molar-refractivity contribution < 1.29 is 18.4 Å². The van der Waals surface area contributed by atoms with Crippen LogP contribution >= 0.6 is 0 Å². The SMILES string of the molecule is NC(=O)CN(C=O)c1ccc(F)c(F)c1. The average Bonchev–Trinajstić information content (AvgIpc) is 2.18. The van der Waals surface area contributed by atoms with Gasteiger partial charge in [-0.3, -0.25) is 9.59 Å². The molecule has 1 rings (SSSR count). The molecule has 6 heteroatoms. The third-order valence-electron chi connectivity index (χ3n) is 1.69. The molecule has 0 unspecified atom stereocenters. The number of hydrogen-bond donors (Lipinski definition) is 1. The van der Waals surface area contributed by atoms with Gasteiger partial charge in [-0.25, -0.2) is 8.78 Å². The van der Waals surface area contributed by atoms with E-state index < -0.39 is 17.5 Å². The second kappa shape index (κ2) is 4.50. The first-order valence-corrected chi connectivity index (χ1v) is 4.00. The van der Waals surface area contributed by atoms with Crippen LogP contribution in [0, 0.1) is 11.6 Å². The lowest BCUT2D eigenvalue weighted by Crippen LogP contribution is -2.32. The van der Waals surface area contributed by atoms with E-state index in [1.165, 1.54) is 6.07 Å². The molecule has 4 nitrogen and oxygen atoms in total. The molecule has 80 valence electrons. The van der Waals surface area contributed by atoms with E-state index in [0.29, 0.717) is 6.41 Å². The predicted octanol–water partition coefficient (Wildman–Crippen LogP) is 0.413. The zero-order valence-corrected chi connectivity index (χ0v) is 7.61. The minimum atomic E-state index is -1.09. The van der Waals surface area contributed by atoms with Crippen LogP contribution < -0.4 is 10.6 Å². The maximum atomic E-state index is 12.8. The van der Waals surface area contributed by atoms with Crippen LogP contribution in [-0.4, -0.2) is 18.9 Å². The highest BCUT2D eigenvalue weighted by Gasteiger charge is 2.10. The van der Waals surface area contributed by atoms with Crippen LogP contribution in [0.15, 0.2) is 18.2 Å². The number of primary amides is 1. The first-order valence-electron chi connectivity index (χ1n) is 4.00. The second-order valence-electron chi connectivity index (χ2n) is 2.80. The van der Waals surface area contributed by atoms with Crippen molar-refractivity contribution in [1.29, 1.82) is 0 Å². The number of nitrogens with zero attached hydrogens (tertiary/aromatic N) is 1. The third-order valence-corrected chi connectivity index (χ3v) is 1.69. The lowest BCUT2D eigenvalue weighted by Gasteiger charge is -2.15. The Bertz CT molecular complexity index is 396. The Morgan fingerprint density at radius 1 is 1.40 bits per heavy atom. The largest absolute Gasteiger partial charge is 0.368 e. The molecule has 0 bridgehead atoms. The first kappa shape index (κ1) is 11.1. The standard InChI is InChI=1S/C9H8F2N2O2/c10-7-2-1-6(3-8(7)11)13(5-14)4-9(12)15/h1-3,5H,4H2,(H2,12,15). The quantitative estimate of drug-likeness (QED) is 0.738. The van der Waals surface area contributed by atoms with Crippen molar-refractivity contribution in [1.82, 2.24) is 0 Å². The molecule has 0 fully saturated rings. The van der Waals surface area contributed by atoms with Crippen LogP contribution in [0.4, 0.5) is 14.5 Å². The van der Waals surface area contributed by atoms with Gasteiger partial charge in [0.05, 0.1) is 0 Å². The molecule has 0 spiro atoms. The van der Waals surface area contributed by atoms with Crippen LogP contribution in [0.2, 0.25) is 0 Å². The molecule has 0 saturated carbocycles. The van der Waals surface area contributed by atoms with Gasteiger partial charge in [0, 0.05) is 11.8 Å². The van der Waals surface area contributed by atoms with Gasteiger partial charge in [-0.05, 0) is 12.1 Å². The zero-order valence-electron chi connectivity index (χ0n) is 7.61. The van der Waals surface area contributed by atoms with Gasteiger partial charge in [0.15, 0.2) is 11.6 Å². The maximum Gasteiger partial charge on any atom is 0.237 e. The topological polar surface area (TPSA) is 63.4 Å². The van der Waals surface area contributed by atoms with Gasteiger partial charge in [-0.1, -0.05) is 0 Å². The van der Waals surface area contributed by atoms with Gasteiger partial charge in [0.1, 0.15) is 6.54 Å². The Kier molecular flexibility index (Phi) is 3.33. The minimum absolute atomic E-state index is 0.0719. The molecule has 0 aliphatic carbocycles. The molecular formula is C9H8F2N2O2. The summed E-state index contributed by atoms with van der Waals surface area (Å²) >= 11 is 0. The van der Waals surface area contributed by atoms with Crippen molar-refractivity contribution in [3.05, 3.63) is 29.8 Å². The van der Waals surface area contributed by atoms with Crippen LogP contribution in [0.1, 0.15) is 0 Å². The molecular weight excluding hydrogens is 206 g/mol. The maximum absolute atomic E-state index is 12.8. The predicted molar refractivity (Wildman–Crippen MR) is 49.0 cm³/mol. The number of hydrogen-bond acceptors (Lipinski definition) is 2. The monoisotopic (exact) mass is 214 g/mol. The first-order chi connectivity index (χ1) is 7.04.